The molecular weight excluding hydrogens is 244 g/mol. The molecule has 1 aliphatic rings. The van der Waals surface area contributed by atoms with Crippen LogP contribution < -0.4 is 5.32 Å². The summed E-state index contributed by atoms with van der Waals surface area (Å²) in [4.78, 5) is 2.71. The molecule has 4 unspecified atom stereocenters. The molecule has 0 spiro atoms. The summed E-state index contributed by atoms with van der Waals surface area (Å²) in [6.07, 6.45) is 5.40. The van der Waals surface area contributed by atoms with Gasteiger partial charge in [-0.15, -0.1) is 0 Å². The van der Waals surface area contributed by atoms with E-state index in [1.807, 2.05) is 0 Å². The molecule has 120 valence electrons. The van der Waals surface area contributed by atoms with E-state index in [9.17, 15) is 0 Å². The van der Waals surface area contributed by atoms with Gasteiger partial charge in [0.05, 0.1) is 0 Å². The van der Waals surface area contributed by atoms with Crippen LogP contribution in [0.15, 0.2) is 0 Å². The first-order valence-corrected chi connectivity index (χ1v) is 8.95. The van der Waals surface area contributed by atoms with Crippen LogP contribution in [0.25, 0.3) is 0 Å². The summed E-state index contributed by atoms with van der Waals surface area (Å²) in [5.74, 6) is 3.44. The summed E-state index contributed by atoms with van der Waals surface area (Å²) in [5.41, 5.74) is 0. The van der Waals surface area contributed by atoms with E-state index in [1.165, 1.54) is 45.3 Å². The van der Waals surface area contributed by atoms with Crippen molar-refractivity contribution in [3.05, 3.63) is 0 Å². The zero-order valence-electron chi connectivity index (χ0n) is 14.8. The molecule has 0 saturated heterocycles. The Morgan fingerprint density at radius 3 is 2.25 bits per heavy atom. The molecule has 4 atom stereocenters. The van der Waals surface area contributed by atoms with E-state index in [-0.39, 0.29) is 0 Å². The van der Waals surface area contributed by atoms with Crippen LogP contribution in [0.3, 0.4) is 0 Å². The van der Waals surface area contributed by atoms with E-state index in [0.29, 0.717) is 6.04 Å². The molecule has 0 heterocycles. The minimum absolute atomic E-state index is 0.713. The molecular formula is C18H38N2. The first-order chi connectivity index (χ1) is 9.55. The number of rotatable bonds is 8. The summed E-state index contributed by atoms with van der Waals surface area (Å²) in [6.45, 7) is 15.7. The summed E-state index contributed by atoms with van der Waals surface area (Å²) < 4.78 is 0. The Labute approximate surface area is 127 Å². The van der Waals surface area contributed by atoms with Gasteiger partial charge in [-0.25, -0.2) is 0 Å². The molecule has 0 aromatic carbocycles. The van der Waals surface area contributed by atoms with Crippen LogP contribution in [-0.2, 0) is 0 Å². The third-order valence-electron chi connectivity index (χ3n) is 5.64. The van der Waals surface area contributed by atoms with E-state index in [0.717, 1.165) is 23.7 Å². The van der Waals surface area contributed by atoms with Crippen molar-refractivity contribution in [2.24, 2.45) is 23.7 Å². The Balaban J connectivity index is 2.61. The predicted molar refractivity (Wildman–Crippen MR) is 90.1 cm³/mol. The second-order valence-electron chi connectivity index (χ2n) is 7.15. The van der Waals surface area contributed by atoms with Gasteiger partial charge in [-0.3, -0.25) is 0 Å². The van der Waals surface area contributed by atoms with Gasteiger partial charge in [0.2, 0.25) is 0 Å². The Morgan fingerprint density at radius 2 is 1.75 bits per heavy atom. The van der Waals surface area contributed by atoms with Crippen LogP contribution in [0.4, 0.5) is 0 Å². The molecule has 1 saturated carbocycles. The van der Waals surface area contributed by atoms with Crippen molar-refractivity contribution in [3.8, 4) is 0 Å². The second kappa shape index (κ2) is 9.04. The number of nitrogens with one attached hydrogen (secondary N) is 1. The van der Waals surface area contributed by atoms with Gasteiger partial charge in [-0.2, -0.15) is 0 Å². The Bertz CT molecular complexity index is 250. The Kier molecular flexibility index (Phi) is 8.13. The van der Waals surface area contributed by atoms with Gasteiger partial charge < -0.3 is 10.2 Å². The van der Waals surface area contributed by atoms with E-state index in [1.54, 1.807) is 0 Å². The third kappa shape index (κ3) is 5.04. The number of hydrogen-bond donors (Lipinski definition) is 1. The summed E-state index contributed by atoms with van der Waals surface area (Å²) in [7, 11) is 2.15. The minimum atomic E-state index is 0.713. The predicted octanol–water partition coefficient (Wildman–Crippen LogP) is 4.01. The van der Waals surface area contributed by atoms with E-state index in [2.05, 4.69) is 51.9 Å². The fourth-order valence-corrected chi connectivity index (χ4v) is 4.09. The highest BCUT2D eigenvalue weighted by Crippen LogP contribution is 2.34. The van der Waals surface area contributed by atoms with Crippen molar-refractivity contribution in [2.45, 2.75) is 66.3 Å². The third-order valence-corrected chi connectivity index (χ3v) is 5.64. The monoisotopic (exact) mass is 282 g/mol. The fourth-order valence-electron chi connectivity index (χ4n) is 4.09. The average molecular weight is 283 g/mol. The first-order valence-electron chi connectivity index (χ1n) is 8.95. The highest BCUT2D eigenvalue weighted by Gasteiger charge is 2.34. The lowest BCUT2D eigenvalue weighted by Crippen LogP contribution is -2.48. The molecule has 1 N–H and O–H groups in total. The number of hydrogen-bond acceptors (Lipinski definition) is 2. The van der Waals surface area contributed by atoms with Crippen LogP contribution in [0.1, 0.15) is 60.3 Å². The SMILES string of the molecule is CCC(CC)CN(CC)CC1C(C)CC(C)CC1NC. The maximum atomic E-state index is 3.60. The molecule has 0 bridgehead atoms. The highest BCUT2D eigenvalue weighted by molar-refractivity contribution is 4.88. The largest absolute Gasteiger partial charge is 0.317 e. The van der Waals surface area contributed by atoms with Crippen LogP contribution in [0.2, 0.25) is 0 Å². The van der Waals surface area contributed by atoms with Crippen molar-refractivity contribution in [2.75, 3.05) is 26.7 Å². The van der Waals surface area contributed by atoms with Gasteiger partial charge >= 0.3 is 0 Å². The quantitative estimate of drug-likeness (QED) is 0.723. The molecule has 0 amide bonds. The fraction of sp³-hybridized carbons (Fsp3) is 1.00. The van der Waals surface area contributed by atoms with E-state index in [4.69, 9.17) is 0 Å². The van der Waals surface area contributed by atoms with Crippen LogP contribution in [0, 0.1) is 23.7 Å². The zero-order valence-corrected chi connectivity index (χ0v) is 14.8. The van der Waals surface area contributed by atoms with Crippen LogP contribution in [0.5, 0.6) is 0 Å². The number of nitrogens with zero attached hydrogens (tertiary/aromatic N) is 1. The first kappa shape index (κ1) is 18.0. The zero-order chi connectivity index (χ0) is 15.1. The molecule has 0 aromatic rings. The molecule has 1 rings (SSSR count). The normalized spacial score (nSPS) is 31.2. The van der Waals surface area contributed by atoms with Gasteiger partial charge in [0, 0.05) is 19.1 Å². The molecule has 2 heteroatoms. The summed E-state index contributed by atoms with van der Waals surface area (Å²) in [6, 6.07) is 0.713. The second-order valence-corrected chi connectivity index (χ2v) is 7.15. The van der Waals surface area contributed by atoms with Crippen molar-refractivity contribution in [1.82, 2.24) is 10.2 Å². The maximum absolute atomic E-state index is 3.60. The van der Waals surface area contributed by atoms with Crippen LogP contribution >= 0.6 is 0 Å². The Hall–Kier alpha value is -0.0800. The van der Waals surface area contributed by atoms with Gasteiger partial charge in [0.15, 0.2) is 0 Å². The molecule has 1 fully saturated rings. The molecule has 2 nitrogen and oxygen atoms in total. The average Bonchev–Trinajstić information content (AvgIpc) is 2.44. The Morgan fingerprint density at radius 1 is 1.10 bits per heavy atom. The van der Waals surface area contributed by atoms with Crippen molar-refractivity contribution in [1.29, 1.82) is 0 Å². The summed E-state index contributed by atoms with van der Waals surface area (Å²) in [5, 5.41) is 3.60. The topological polar surface area (TPSA) is 15.3 Å². The molecule has 0 aliphatic heterocycles. The van der Waals surface area contributed by atoms with Crippen LogP contribution in [-0.4, -0.2) is 37.6 Å². The van der Waals surface area contributed by atoms with Gasteiger partial charge in [-0.05, 0) is 50.1 Å². The smallest absolute Gasteiger partial charge is 0.0110 e. The highest BCUT2D eigenvalue weighted by atomic mass is 15.1. The van der Waals surface area contributed by atoms with E-state index >= 15 is 0 Å². The van der Waals surface area contributed by atoms with Crippen molar-refractivity contribution >= 4 is 0 Å². The molecule has 20 heavy (non-hydrogen) atoms. The van der Waals surface area contributed by atoms with Gasteiger partial charge in [-0.1, -0.05) is 47.5 Å². The molecule has 0 aromatic heterocycles. The standard InChI is InChI=1S/C18H38N2/c1-7-16(8-2)12-20(9-3)13-17-15(5)10-14(4)11-18(17)19-6/h14-19H,7-13H2,1-6H3. The summed E-state index contributed by atoms with van der Waals surface area (Å²) >= 11 is 0. The lowest BCUT2D eigenvalue weighted by atomic mass is 9.72. The van der Waals surface area contributed by atoms with Crippen molar-refractivity contribution in [3.63, 3.8) is 0 Å². The van der Waals surface area contributed by atoms with Gasteiger partial charge in [0.25, 0.3) is 0 Å². The lowest BCUT2D eigenvalue weighted by molar-refractivity contribution is 0.0978. The van der Waals surface area contributed by atoms with Gasteiger partial charge in [0.1, 0.15) is 0 Å². The van der Waals surface area contributed by atoms with E-state index < -0.39 is 0 Å². The maximum Gasteiger partial charge on any atom is 0.0110 e. The lowest BCUT2D eigenvalue weighted by Gasteiger charge is -2.42. The van der Waals surface area contributed by atoms with Crippen molar-refractivity contribution < 1.29 is 0 Å². The minimum Gasteiger partial charge on any atom is -0.317 e. The molecule has 0 radical (unpaired) electrons. The molecule has 1 aliphatic carbocycles.